The Morgan fingerprint density at radius 2 is 2.00 bits per heavy atom. The molecule has 1 aliphatic carbocycles. The quantitative estimate of drug-likeness (QED) is 0.607. The van der Waals surface area contributed by atoms with Crippen molar-refractivity contribution in [3.05, 3.63) is 0 Å². The van der Waals surface area contributed by atoms with Crippen LogP contribution < -0.4 is 0 Å². The molecule has 11 heavy (non-hydrogen) atoms. The van der Waals surface area contributed by atoms with E-state index in [0.717, 1.165) is 6.42 Å². The fourth-order valence-corrected chi connectivity index (χ4v) is 1.26. The number of ether oxygens (including phenoxy) is 1. The molecule has 1 fully saturated rings. The molecular formula is C9H16O2. The summed E-state index contributed by atoms with van der Waals surface area (Å²) < 4.78 is 5.07. The molecule has 0 amide bonds. The molecule has 2 heteroatoms. The van der Waals surface area contributed by atoms with Gasteiger partial charge in [0.05, 0.1) is 6.10 Å². The summed E-state index contributed by atoms with van der Waals surface area (Å²) in [7, 11) is 1.67. The molecule has 1 aliphatic rings. The fraction of sp³-hybridized carbons (Fsp3) is 0.889. The van der Waals surface area contributed by atoms with E-state index in [1.807, 2.05) is 20.8 Å². The summed E-state index contributed by atoms with van der Waals surface area (Å²) in [6.45, 7) is 5.88. The number of carbonyl (C=O) groups is 1. The van der Waals surface area contributed by atoms with Gasteiger partial charge in [-0.05, 0) is 6.42 Å². The largest absolute Gasteiger partial charge is 0.381 e. The van der Waals surface area contributed by atoms with Crippen LogP contribution in [0.25, 0.3) is 0 Å². The average Bonchev–Trinajstić information content (AvgIpc) is 2.62. The smallest absolute Gasteiger partial charge is 0.143 e. The second kappa shape index (κ2) is 2.59. The Bertz CT molecular complexity index is 167. The molecular weight excluding hydrogens is 140 g/mol. The molecule has 1 saturated carbocycles. The zero-order valence-electron chi connectivity index (χ0n) is 7.68. The van der Waals surface area contributed by atoms with Crippen molar-refractivity contribution in [2.45, 2.75) is 33.3 Å². The molecule has 0 aromatic rings. The maximum absolute atomic E-state index is 11.5. The molecule has 0 spiro atoms. The Hall–Kier alpha value is -0.370. The van der Waals surface area contributed by atoms with Crippen molar-refractivity contribution in [2.75, 3.05) is 7.11 Å². The van der Waals surface area contributed by atoms with Gasteiger partial charge in [0.15, 0.2) is 0 Å². The Morgan fingerprint density at radius 3 is 2.27 bits per heavy atom. The highest BCUT2D eigenvalue weighted by molar-refractivity contribution is 5.88. The van der Waals surface area contributed by atoms with Crippen molar-refractivity contribution in [1.82, 2.24) is 0 Å². The lowest BCUT2D eigenvalue weighted by Crippen LogP contribution is -2.23. The predicted octanol–water partition coefficient (Wildman–Crippen LogP) is 1.64. The molecule has 0 aromatic carbocycles. The summed E-state index contributed by atoms with van der Waals surface area (Å²) in [4.78, 5) is 11.5. The van der Waals surface area contributed by atoms with Crippen molar-refractivity contribution >= 4 is 5.78 Å². The standard InChI is InChI=1S/C9H16O2/c1-9(2,3)8(10)6-5-7(6)11-4/h6-7H,5H2,1-4H3. The minimum absolute atomic E-state index is 0.181. The number of methoxy groups -OCH3 is 1. The molecule has 2 atom stereocenters. The highest BCUT2D eigenvalue weighted by Gasteiger charge is 2.46. The third-order valence-electron chi connectivity index (χ3n) is 2.11. The molecule has 2 nitrogen and oxygen atoms in total. The predicted molar refractivity (Wildman–Crippen MR) is 43.4 cm³/mol. The molecule has 0 heterocycles. The van der Waals surface area contributed by atoms with Crippen LogP contribution in [0.4, 0.5) is 0 Å². The van der Waals surface area contributed by atoms with Crippen molar-refractivity contribution < 1.29 is 9.53 Å². The van der Waals surface area contributed by atoms with Gasteiger partial charge in [-0.2, -0.15) is 0 Å². The Kier molecular flexibility index (Phi) is 2.06. The maximum atomic E-state index is 11.5. The number of ketones is 1. The lowest BCUT2D eigenvalue weighted by molar-refractivity contribution is -0.128. The number of Topliss-reactive ketones (excluding diaryl/α,β-unsaturated/α-hetero) is 1. The summed E-state index contributed by atoms with van der Waals surface area (Å²) >= 11 is 0. The zero-order chi connectivity index (χ0) is 8.65. The summed E-state index contributed by atoms with van der Waals surface area (Å²) in [6.07, 6.45) is 1.13. The number of hydrogen-bond donors (Lipinski definition) is 0. The SMILES string of the molecule is COC1CC1C(=O)C(C)(C)C. The van der Waals surface area contributed by atoms with Gasteiger partial charge in [-0.25, -0.2) is 0 Å². The van der Waals surface area contributed by atoms with Gasteiger partial charge in [0.2, 0.25) is 0 Å². The van der Waals surface area contributed by atoms with Gasteiger partial charge in [0.25, 0.3) is 0 Å². The van der Waals surface area contributed by atoms with Gasteiger partial charge >= 0.3 is 0 Å². The van der Waals surface area contributed by atoms with Crippen molar-refractivity contribution in [3.8, 4) is 0 Å². The maximum Gasteiger partial charge on any atom is 0.143 e. The normalized spacial score (nSPS) is 30.2. The van der Waals surface area contributed by atoms with E-state index < -0.39 is 0 Å². The first-order chi connectivity index (χ1) is 4.96. The third-order valence-corrected chi connectivity index (χ3v) is 2.11. The molecule has 0 saturated heterocycles. The number of rotatable bonds is 2. The van der Waals surface area contributed by atoms with E-state index in [-0.39, 0.29) is 17.4 Å². The van der Waals surface area contributed by atoms with Gasteiger partial charge < -0.3 is 4.74 Å². The topological polar surface area (TPSA) is 26.3 Å². The molecule has 0 aliphatic heterocycles. The zero-order valence-corrected chi connectivity index (χ0v) is 7.68. The minimum Gasteiger partial charge on any atom is -0.381 e. The molecule has 0 bridgehead atoms. The Morgan fingerprint density at radius 1 is 1.45 bits per heavy atom. The van der Waals surface area contributed by atoms with Crippen LogP contribution in [-0.4, -0.2) is 19.0 Å². The molecule has 0 aromatic heterocycles. The van der Waals surface area contributed by atoms with Crippen LogP contribution in [-0.2, 0) is 9.53 Å². The van der Waals surface area contributed by atoms with E-state index in [1.54, 1.807) is 7.11 Å². The first kappa shape index (κ1) is 8.72. The first-order valence-corrected chi connectivity index (χ1v) is 4.04. The Balaban J connectivity index is 2.46. The van der Waals surface area contributed by atoms with Gasteiger partial charge in [-0.3, -0.25) is 4.79 Å². The van der Waals surface area contributed by atoms with Crippen LogP contribution in [0.1, 0.15) is 27.2 Å². The summed E-state index contributed by atoms with van der Waals surface area (Å²) in [6, 6.07) is 0. The molecule has 0 radical (unpaired) electrons. The van der Waals surface area contributed by atoms with Crippen LogP contribution >= 0.6 is 0 Å². The van der Waals surface area contributed by atoms with Crippen LogP contribution in [0.5, 0.6) is 0 Å². The van der Waals surface area contributed by atoms with Crippen LogP contribution in [0.3, 0.4) is 0 Å². The number of carbonyl (C=O) groups excluding carboxylic acids is 1. The van der Waals surface area contributed by atoms with Gasteiger partial charge in [-0.1, -0.05) is 20.8 Å². The van der Waals surface area contributed by atoms with E-state index in [0.29, 0.717) is 5.78 Å². The first-order valence-electron chi connectivity index (χ1n) is 4.04. The third kappa shape index (κ3) is 1.80. The second-order valence-electron chi connectivity index (χ2n) is 4.23. The summed E-state index contributed by atoms with van der Waals surface area (Å²) in [5.41, 5.74) is -0.196. The van der Waals surface area contributed by atoms with E-state index in [2.05, 4.69) is 0 Å². The van der Waals surface area contributed by atoms with E-state index in [9.17, 15) is 4.79 Å². The van der Waals surface area contributed by atoms with Crippen molar-refractivity contribution in [3.63, 3.8) is 0 Å². The van der Waals surface area contributed by atoms with Crippen molar-refractivity contribution in [2.24, 2.45) is 11.3 Å². The highest BCUT2D eigenvalue weighted by Crippen LogP contribution is 2.39. The minimum atomic E-state index is -0.196. The van der Waals surface area contributed by atoms with Crippen LogP contribution in [0.15, 0.2) is 0 Å². The number of hydrogen-bond acceptors (Lipinski definition) is 2. The van der Waals surface area contributed by atoms with Gasteiger partial charge in [0, 0.05) is 18.4 Å². The lowest BCUT2D eigenvalue weighted by Gasteiger charge is -2.15. The monoisotopic (exact) mass is 156 g/mol. The average molecular weight is 156 g/mol. The lowest BCUT2D eigenvalue weighted by atomic mass is 9.88. The van der Waals surface area contributed by atoms with E-state index in [1.165, 1.54) is 0 Å². The van der Waals surface area contributed by atoms with Gasteiger partial charge in [0.1, 0.15) is 5.78 Å². The van der Waals surface area contributed by atoms with Crippen LogP contribution in [0.2, 0.25) is 0 Å². The summed E-state index contributed by atoms with van der Waals surface area (Å²) in [5, 5.41) is 0. The van der Waals surface area contributed by atoms with Gasteiger partial charge in [-0.15, -0.1) is 0 Å². The highest BCUT2D eigenvalue weighted by atomic mass is 16.5. The van der Waals surface area contributed by atoms with Crippen LogP contribution in [0, 0.1) is 11.3 Å². The molecule has 64 valence electrons. The second-order valence-corrected chi connectivity index (χ2v) is 4.23. The molecule has 1 rings (SSSR count). The van der Waals surface area contributed by atoms with Crippen molar-refractivity contribution in [1.29, 1.82) is 0 Å². The Labute approximate surface area is 67.9 Å². The van der Waals surface area contributed by atoms with E-state index >= 15 is 0 Å². The fourth-order valence-electron chi connectivity index (χ4n) is 1.26. The summed E-state index contributed by atoms with van der Waals surface area (Å²) in [5.74, 6) is 0.518. The molecule has 2 unspecified atom stereocenters. The van der Waals surface area contributed by atoms with E-state index in [4.69, 9.17) is 4.74 Å². The molecule has 0 N–H and O–H groups in total.